The van der Waals surface area contributed by atoms with Gasteiger partial charge in [-0.2, -0.15) is 0 Å². The van der Waals surface area contributed by atoms with Gasteiger partial charge >= 0.3 is 0 Å². The van der Waals surface area contributed by atoms with E-state index in [1.165, 1.54) is 0 Å². The van der Waals surface area contributed by atoms with Gasteiger partial charge in [-0.1, -0.05) is 23.2 Å². The largest absolute Gasteiger partial charge is 0.316 e. The van der Waals surface area contributed by atoms with Gasteiger partial charge in [-0.3, -0.25) is 15.0 Å². The summed E-state index contributed by atoms with van der Waals surface area (Å²) < 4.78 is 0. The third-order valence-electron chi connectivity index (χ3n) is 1.45. The van der Waals surface area contributed by atoms with E-state index in [4.69, 9.17) is 34.3 Å². The number of ketones is 2. The lowest BCUT2D eigenvalue weighted by atomic mass is 9.98. The molecule has 0 aromatic carbocycles. The molecule has 1 rings (SSSR count). The van der Waals surface area contributed by atoms with E-state index in [0.717, 1.165) is 0 Å². The molecule has 1 aliphatic rings. The second-order valence-electron chi connectivity index (χ2n) is 2.21. The highest BCUT2D eigenvalue weighted by molar-refractivity contribution is 6.69. The molecule has 0 saturated carbocycles. The Morgan fingerprint density at radius 3 is 2.25 bits per heavy atom. The van der Waals surface area contributed by atoms with Gasteiger partial charge in [-0.05, 0) is 0 Å². The standard InChI is InChI=1S/C6H4Cl2N2O2/c7-1-2(8)6(12)4(10)3(9)5(1)11/h3,10H,9H2. The normalized spacial score (nSPS) is 25.2. The molecule has 0 amide bonds. The van der Waals surface area contributed by atoms with Gasteiger partial charge < -0.3 is 5.73 Å². The van der Waals surface area contributed by atoms with E-state index in [1.807, 2.05) is 0 Å². The molecular formula is C6H4Cl2N2O2. The number of nitrogens with one attached hydrogen (secondary N) is 1. The Morgan fingerprint density at radius 1 is 1.25 bits per heavy atom. The Kier molecular flexibility index (Phi) is 2.32. The quantitative estimate of drug-likeness (QED) is 0.593. The van der Waals surface area contributed by atoms with Crippen molar-refractivity contribution in [3.63, 3.8) is 0 Å². The molecule has 0 radical (unpaired) electrons. The Balaban J connectivity index is 3.27. The zero-order valence-corrected chi connectivity index (χ0v) is 7.24. The summed E-state index contributed by atoms with van der Waals surface area (Å²) in [6.07, 6.45) is 0. The second kappa shape index (κ2) is 2.97. The first-order chi connectivity index (χ1) is 5.46. The molecule has 0 bridgehead atoms. The topological polar surface area (TPSA) is 84.0 Å². The lowest BCUT2D eigenvalue weighted by molar-refractivity contribution is -0.117. The predicted molar refractivity (Wildman–Crippen MR) is 44.4 cm³/mol. The highest BCUT2D eigenvalue weighted by Gasteiger charge is 2.35. The second-order valence-corrected chi connectivity index (χ2v) is 2.97. The van der Waals surface area contributed by atoms with Crippen LogP contribution >= 0.6 is 23.2 Å². The molecule has 1 unspecified atom stereocenters. The summed E-state index contributed by atoms with van der Waals surface area (Å²) in [4.78, 5) is 22.0. The maximum atomic E-state index is 11.0. The van der Waals surface area contributed by atoms with Gasteiger partial charge in [0.15, 0.2) is 5.78 Å². The lowest BCUT2D eigenvalue weighted by Crippen LogP contribution is -2.46. The first-order valence-electron chi connectivity index (χ1n) is 2.95. The minimum absolute atomic E-state index is 0.384. The molecule has 0 aromatic heterocycles. The highest BCUT2D eigenvalue weighted by Crippen LogP contribution is 2.22. The molecule has 0 aromatic rings. The average molecular weight is 207 g/mol. The van der Waals surface area contributed by atoms with Crippen molar-refractivity contribution in [1.29, 1.82) is 5.41 Å². The van der Waals surface area contributed by atoms with Crippen LogP contribution in [0.5, 0.6) is 0 Å². The number of halogens is 2. The van der Waals surface area contributed by atoms with E-state index in [2.05, 4.69) is 0 Å². The van der Waals surface area contributed by atoms with Crippen LogP contribution in [-0.4, -0.2) is 23.3 Å². The van der Waals surface area contributed by atoms with E-state index in [-0.39, 0.29) is 5.03 Å². The summed E-state index contributed by atoms with van der Waals surface area (Å²) >= 11 is 10.7. The fraction of sp³-hybridized carbons (Fsp3) is 0.167. The van der Waals surface area contributed by atoms with Crippen molar-refractivity contribution < 1.29 is 9.59 Å². The van der Waals surface area contributed by atoms with E-state index in [9.17, 15) is 9.59 Å². The monoisotopic (exact) mass is 206 g/mol. The van der Waals surface area contributed by atoms with Crippen LogP contribution in [0.2, 0.25) is 0 Å². The van der Waals surface area contributed by atoms with Crippen molar-refractivity contribution in [2.24, 2.45) is 5.73 Å². The summed E-state index contributed by atoms with van der Waals surface area (Å²) in [6, 6.07) is -1.27. The molecule has 12 heavy (non-hydrogen) atoms. The zero-order valence-electron chi connectivity index (χ0n) is 5.73. The lowest BCUT2D eigenvalue weighted by Gasteiger charge is -2.16. The van der Waals surface area contributed by atoms with Gasteiger partial charge in [0.25, 0.3) is 0 Å². The molecule has 1 atom stereocenters. The number of carbonyl (C=O) groups is 2. The SMILES string of the molecule is N=C1C(=O)C(Cl)=C(Cl)C(=O)C1N. The predicted octanol–water partition coefficient (Wildman–Crippen LogP) is 0.174. The molecular weight excluding hydrogens is 203 g/mol. The van der Waals surface area contributed by atoms with Crippen LogP contribution in [0, 0.1) is 5.41 Å². The van der Waals surface area contributed by atoms with E-state index >= 15 is 0 Å². The number of hydrogen-bond donors (Lipinski definition) is 2. The number of nitrogens with two attached hydrogens (primary N) is 1. The fourth-order valence-corrected chi connectivity index (χ4v) is 1.13. The molecule has 0 fully saturated rings. The molecule has 0 aliphatic heterocycles. The Morgan fingerprint density at radius 2 is 1.75 bits per heavy atom. The van der Waals surface area contributed by atoms with Gasteiger partial charge in [-0.15, -0.1) is 0 Å². The third kappa shape index (κ3) is 1.18. The van der Waals surface area contributed by atoms with Gasteiger partial charge in [-0.25, -0.2) is 0 Å². The van der Waals surface area contributed by atoms with Crippen molar-refractivity contribution >= 4 is 40.5 Å². The number of Topliss-reactive ketones (excluding diaryl/α,β-unsaturated/α-hetero) is 2. The summed E-state index contributed by atoms with van der Waals surface area (Å²) in [5.74, 6) is -1.47. The maximum absolute atomic E-state index is 11.0. The minimum atomic E-state index is -1.27. The van der Waals surface area contributed by atoms with E-state index in [1.54, 1.807) is 0 Å². The molecule has 64 valence electrons. The smallest absolute Gasteiger partial charge is 0.221 e. The van der Waals surface area contributed by atoms with Crippen LogP contribution in [-0.2, 0) is 9.59 Å². The van der Waals surface area contributed by atoms with Crippen LogP contribution in [0.15, 0.2) is 10.1 Å². The summed E-state index contributed by atoms with van der Waals surface area (Å²) in [5, 5.41) is 6.27. The summed E-state index contributed by atoms with van der Waals surface area (Å²) in [6.45, 7) is 0. The number of allylic oxidation sites excluding steroid dienone is 1. The van der Waals surface area contributed by atoms with Gasteiger partial charge in [0.2, 0.25) is 5.78 Å². The maximum Gasteiger partial charge on any atom is 0.221 e. The van der Waals surface area contributed by atoms with Gasteiger partial charge in [0.1, 0.15) is 21.8 Å². The van der Waals surface area contributed by atoms with Crippen LogP contribution in [0.1, 0.15) is 0 Å². The average Bonchev–Trinajstić information content (AvgIpc) is 2.08. The minimum Gasteiger partial charge on any atom is -0.316 e. The molecule has 0 saturated heterocycles. The molecule has 1 aliphatic carbocycles. The third-order valence-corrected chi connectivity index (χ3v) is 2.28. The van der Waals surface area contributed by atoms with E-state index < -0.39 is 28.4 Å². The van der Waals surface area contributed by atoms with Crippen LogP contribution < -0.4 is 5.73 Å². The van der Waals surface area contributed by atoms with Crippen LogP contribution in [0.25, 0.3) is 0 Å². The van der Waals surface area contributed by atoms with Crippen molar-refractivity contribution in [2.75, 3.05) is 0 Å². The Labute approximate surface area is 77.8 Å². The van der Waals surface area contributed by atoms with Crippen molar-refractivity contribution in [3.05, 3.63) is 10.1 Å². The van der Waals surface area contributed by atoms with Gasteiger partial charge in [0, 0.05) is 0 Å². The molecule has 0 heterocycles. The fourth-order valence-electron chi connectivity index (χ4n) is 0.735. The van der Waals surface area contributed by atoms with Crippen LogP contribution in [0.3, 0.4) is 0 Å². The van der Waals surface area contributed by atoms with Crippen molar-refractivity contribution in [1.82, 2.24) is 0 Å². The van der Waals surface area contributed by atoms with E-state index in [0.29, 0.717) is 0 Å². The highest BCUT2D eigenvalue weighted by atomic mass is 35.5. The first-order valence-corrected chi connectivity index (χ1v) is 3.70. The molecule has 4 nitrogen and oxygen atoms in total. The van der Waals surface area contributed by atoms with Gasteiger partial charge in [0.05, 0.1) is 0 Å². The molecule has 6 heteroatoms. The first kappa shape index (κ1) is 9.38. The summed E-state index contributed by atoms with van der Waals surface area (Å²) in [5.41, 5.74) is 4.67. The Bertz CT molecular complexity index is 322. The van der Waals surface area contributed by atoms with Crippen molar-refractivity contribution in [3.8, 4) is 0 Å². The Hall–Kier alpha value is -0.710. The zero-order chi connectivity index (χ0) is 9.46. The van der Waals surface area contributed by atoms with Crippen LogP contribution in [0.4, 0.5) is 0 Å². The summed E-state index contributed by atoms with van der Waals surface area (Å²) in [7, 11) is 0. The molecule has 3 N–H and O–H groups in total. The number of carbonyl (C=O) groups excluding carboxylic acids is 2. The number of hydrogen-bond acceptors (Lipinski definition) is 4. The molecule has 0 spiro atoms. The number of rotatable bonds is 0. The van der Waals surface area contributed by atoms with Crippen molar-refractivity contribution in [2.45, 2.75) is 6.04 Å².